The van der Waals surface area contributed by atoms with Gasteiger partial charge in [0.15, 0.2) is 0 Å². The van der Waals surface area contributed by atoms with Gasteiger partial charge in [0.2, 0.25) is 5.91 Å². The van der Waals surface area contributed by atoms with E-state index in [4.69, 9.17) is 33.1 Å². The number of anilines is 1. The molecule has 0 fully saturated rings. The van der Waals surface area contributed by atoms with Crippen LogP contribution in [0.15, 0.2) is 41.4 Å². The molecule has 3 heterocycles. The molecule has 0 aliphatic carbocycles. The summed E-state index contributed by atoms with van der Waals surface area (Å²) in [6, 6.07) is 10.5. The number of nitrogens with two attached hydrogens (primary N) is 1. The van der Waals surface area contributed by atoms with Crippen molar-refractivity contribution in [2.75, 3.05) is 18.0 Å². The summed E-state index contributed by atoms with van der Waals surface area (Å²) in [4.78, 5) is 22.6. The lowest BCUT2D eigenvalue weighted by Crippen LogP contribution is -2.42. The summed E-state index contributed by atoms with van der Waals surface area (Å²) in [6.45, 7) is 6.59. The second-order valence-corrected chi connectivity index (χ2v) is 12.8. The van der Waals surface area contributed by atoms with Crippen molar-refractivity contribution in [1.29, 1.82) is 10.8 Å². The molecule has 3 aromatic rings. The van der Waals surface area contributed by atoms with Crippen molar-refractivity contribution in [3.05, 3.63) is 72.7 Å². The number of carbonyl (C=O) groups is 1. The Kier molecular flexibility index (Phi) is 11.3. The van der Waals surface area contributed by atoms with Crippen molar-refractivity contribution >= 4 is 62.6 Å². The highest BCUT2D eigenvalue weighted by atomic mass is 35.5. The number of nitrogens with zero attached hydrogens (tertiary/aromatic N) is 2. The second kappa shape index (κ2) is 15.1. The standard InChI is InChI=1S/C33H35ClN6OS2/c1-21-22(2)42-33-30(21)31(24-12-14-25(34)15-13-24)39-28(32(37)40(33)23(3)36)20-29(41)38-19-9-11-27-17-16-26(43-27)10-7-5-4-6-8-18-35/h12-17,28,36-37H,4-6,8,18-20,35H2,1-3H3,(H,38,41)/t28-/m0/s1. The monoisotopic (exact) mass is 630 g/mol. The van der Waals surface area contributed by atoms with Crippen LogP contribution in [0.4, 0.5) is 5.00 Å². The maximum absolute atomic E-state index is 13.0. The number of fused-ring (bicyclic) bond motifs is 1. The largest absolute Gasteiger partial charge is 0.345 e. The number of nitrogens with one attached hydrogen (secondary N) is 3. The van der Waals surface area contributed by atoms with E-state index in [-0.39, 0.29) is 30.5 Å². The van der Waals surface area contributed by atoms with Gasteiger partial charge in [0.05, 0.1) is 28.4 Å². The first-order valence-electron chi connectivity index (χ1n) is 14.1. The van der Waals surface area contributed by atoms with Gasteiger partial charge in [-0.2, -0.15) is 0 Å². The summed E-state index contributed by atoms with van der Waals surface area (Å²) < 4.78 is 0. The first kappa shape index (κ1) is 32.2. The zero-order chi connectivity index (χ0) is 30.9. The molecule has 0 bridgehead atoms. The Morgan fingerprint density at radius 3 is 2.44 bits per heavy atom. The predicted octanol–water partition coefficient (Wildman–Crippen LogP) is 6.51. The van der Waals surface area contributed by atoms with Crippen molar-refractivity contribution < 1.29 is 4.79 Å². The topological polar surface area (TPSA) is 118 Å². The summed E-state index contributed by atoms with van der Waals surface area (Å²) in [6.07, 6.45) is 4.01. The van der Waals surface area contributed by atoms with Crippen LogP contribution in [0.3, 0.4) is 0 Å². The quantitative estimate of drug-likeness (QED) is 0.0983. The molecule has 0 saturated heterocycles. The number of carbonyl (C=O) groups excluding carboxylic acids is 1. The molecule has 5 N–H and O–H groups in total. The number of rotatable bonds is 8. The van der Waals surface area contributed by atoms with Crippen LogP contribution in [-0.4, -0.2) is 42.4 Å². The zero-order valence-corrected chi connectivity index (χ0v) is 27.0. The maximum atomic E-state index is 13.0. The van der Waals surface area contributed by atoms with Crippen LogP contribution < -0.4 is 16.0 Å². The molecule has 1 aromatic carbocycles. The van der Waals surface area contributed by atoms with E-state index in [0.717, 1.165) is 68.6 Å². The van der Waals surface area contributed by atoms with Gasteiger partial charge in [0.1, 0.15) is 22.7 Å². The normalized spacial score (nSPS) is 14.1. The average molecular weight is 631 g/mol. The molecule has 4 rings (SSSR count). The number of unbranched alkanes of at least 4 members (excludes halogenated alkanes) is 3. The minimum Gasteiger partial charge on any atom is -0.345 e. The molecule has 7 nitrogen and oxygen atoms in total. The van der Waals surface area contributed by atoms with Gasteiger partial charge in [-0.05, 0) is 70.0 Å². The first-order valence-corrected chi connectivity index (χ1v) is 16.1. The maximum Gasteiger partial charge on any atom is 0.223 e. The Hall–Kier alpha value is -3.73. The summed E-state index contributed by atoms with van der Waals surface area (Å²) >= 11 is 9.22. The molecule has 222 valence electrons. The smallest absolute Gasteiger partial charge is 0.223 e. The Bertz CT molecular complexity index is 1660. The molecule has 0 unspecified atom stereocenters. The lowest BCUT2D eigenvalue weighted by molar-refractivity contribution is -0.120. The Morgan fingerprint density at radius 1 is 1.07 bits per heavy atom. The number of halogens is 1. The Morgan fingerprint density at radius 2 is 1.77 bits per heavy atom. The Balaban J connectivity index is 1.47. The highest BCUT2D eigenvalue weighted by molar-refractivity contribution is 7.17. The number of benzene rings is 1. The molecule has 43 heavy (non-hydrogen) atoms. The van der Waals surface area contributed by atoms with Crippen LogP contribution in [0.25, 0.3) is 0 Å². The van der Waals surface area contributed by atoms with Crippen molar-refractivity contribution in [2.45, 2.75) is 58.9 Å². The van der Waals surface area contributed by atoms with E-state index in [9.17, 15) is 4.79 Å². The predicted molar refractivity (Wildman–Crippen MR) is 182 cm³/mol. The second-order valence-electron chi connectivity index (χ2n) is 10.1. The fourth-order valence-electron chi connectivity index (χ4n) is 4.57. The van der Waals surface area contributed by atoms with E-state index in [2.05, 4.69) is 29.0 Å². The summed E-state index contributed by atoms with van der Waals surface area (Å²) in [7, 11) is 0. The summed E-state index contributed by atoms with van der Waals surface area (Å²) in [5.41, 5.74) is 8.97. The van der Waals surface area contributed by atoms with Crippen molar-refractivity contribution in [2.24, 2.45) is 10.7 Å². The van der Waals surface area contributed by atoms with E-state index in [1.54, 1.807) is 24.0 Å². The van der Waals surface area contributed by atoms with E-state index in [1.165, 1.54) is 22.7 Å². The number of amidine groups is 2. The number of hydrogen-bond acceptors (Lipinski definition) is 7. The van der Waals surface area contributed by atoms with E-state index in [1.807, 2.05) is 38.1 Å². The highest BCUT2D eigenvalue weighted by Crippen LogP contribution is 2.40. The number of thiophene rings is 2. The minimum absolute atomic E-state index is 0.0433. The first-order chi connectivity index (χ1) is 20.7. The van der Waals surface area contributed by atoms with Gasteiger partial charge in [-0.3, -0.25) is 25.5 Å². The fourth-order valence-corrected chi connectivity index (χ4v) is 6.67. The van der Waals surface area contributed by atoms with Crippen molar-refractivity contribution in [3.8, 4) is 23.7 Å². The molecule has 1 atom stereocenters. The molecule has 0 spiro atoms. The van der Waals surface area contributed by atoms with Crippen LogP contribution in [0.1, 0.15) is 70.3 Å². The molecule has 1 aliphatic rings. The van der Waals surface area contributed by atoms with E-state index >= 15 is 0 Å². The SMILES string of the molecule is CC(=N)N1C(=N)[C@H](CC(=O)NCC#Cc2ccc(C#CCCCCCN)s2)N=C(c2ccc(Cl)cc2)c2c1sc(C)c2C. The molecule has 1 aliphatic heterocycles. The van der Waals surface area contributed by atoms with Gasteiger partial charge in [-0.15, -0.1) is 22.7 Å². The van der Waals surface area contributed by atoms with Crippen LogP contribution in [0.5, 0.6) is 0 Å². The van der Waals surface area contributed by atoms with Gasteiger partial charge >= 0.3 is 0 Å². The van der Waals surface area contributed by atoms with E-state index < -0.39 is 6.04 Å². The molecule has 0 radical (unpaired) electrons. The third-order valence-corrected chi connectivity index (χ3v) is 9.25. The lowest BCUT2D eigenvalue weighted by atomic mass is 9.99. The van der Waals surface area contributed by atoms with Crippen LogP contribution in [-0.2, 0) is 4.79 Å². The summed E-state index contributed by atoms with van der Waals surface area (Å²) in [5.74, 6) is 12.5. The van der Waals surface area contributed by atoms with Crippen LogP contribution >= 0.6 is 34.3 Å². The molecular weight excluding hydrogens is 596 g/mol. The van der Waals surface area contributed by atoms with Crippen molar-refractivity contribution in [1.82, 2.24) is 5.32 Å². The Labute approximate surface area is 266 Å². The molecule has 10 heteroatoms. The minimum atomic E-state index is -0.785. The number of hydrogen-bond donors (Lipinski definition) is 4. The number of aryl methyl sites for hydroxylation is 1. The zero-order valence-electron chi connectivity index (χ0n) is 24.6. The molecule has 1 amide bonds. The van der Waals surface area contributed by atoms with E-state index in [0.29, 0.717) is 10.7 Å². The lowest BCUT2D eigenvalue weighted by Gasteiger charge is -2.24. The fraction of sp³-hybridized carbons (Fsp3) is 0.333. The van der Waals surface area contributed by atoms with Gasteiger partial charge in [-0.25, -0.2) is 0 Å². The third kappa shape index (κ3) is 8.22. The molecule has 0 saturated carbocycles. The van der Waals surface area contributed by atoms with Gasteiger partial charge in [-0.1, -0.05) is 53.8 Å². The van der Waals surface area contributed by atoms with Crippen LogP contribution in [0, 0.1) is 48.3 Å². The number of amides is 1. The van der Waals surface area contributed by atoms with Gasteiger partial charge in [0, 0.05) is 27.4 Å². The number of aliphatic imine (C=N–C) groups is 1. The molecule has 2 aromatic heterocycles. The highest BCUT2D eigenvalue weighted by Gasteiger charge is 2.34. The summed E-state index contributed by atoms with van der Waals surface area (Å²) in [5, 5.41) is 21.7. The average Bonchev–Trinajstić information content (AvgIpc) is 3.51. The van der Waals surface area contributed by atoms with Gasteiger partial charge in [0.25, 0.3) is 0 Å². The van der Waals surface area contributed by atoms with Crippen LogP contribution in [0.2, 0.25) is 5.02 Å². The van der Waals surface area contributed by atoms with Gasteiger partial charge < -0.3 is 11.1 Å². The third-order valence-electron chi connectivity index (χ3n) is 6.89. The molecular formula is C33H35ClN6OS2. The van der Waals surface area contributed by atoms with Crippen molar-refractivity contribution in [3.63, 3.8) is 0 Å².